The van der Waals surface area contributed by atoms with Crippen molar-refractivity contribution in [2.45, 2.75) is 44.5 Å². The minimum atomic E-state index is -4.46. The molecular formula is C16H23F3N2O3. The highest BCUT2D eigenvalue weighted by molar-refractivity contribution is 5.85. The molecule has 8 heteroatoms. The zero-order valence-corrected chi connectivity index (χ0v) is 13.7. The van der Waals surface area contributed by atoms with Crippen molar-refractivity contribution in [1.82, 2.24) is 5.32 Å². The molecule has 0 bridgehead atoms. The molecule has 1 aromatic carbocycles. The van der Waals surface area contributed by atoms with Crippen molar-refractivity contribution >= 4 is 5.91 Å². The lowest BCUT2D eigenvalue weighted by molar-refractivity contribution is -0.137. The molecule has 0 radical (unpaired) electrons. The maximum Gasteiger partial charge on any atom is 0.416 e. The normalized spacial score (nSPS) is 15.5. The Morgan fingerprint density at radius 3 is 2.67 bits per heavy atom. The minimum absolute atomic E-state index is 0.00940. The first-order chi connectivity index (χ1) is 11.1. The van der Waals surface area contributed by atoms with Crippen molar-refractivity contribution in [2.75, 3.05) is 13.2 Å². The fourth-order valence-corrected chi connectivity index (χ4v) is 2.06. The van der Waals surface area contributed by atoms with Crippen LogP contribution in [0.3, 0.4) is 0 Å². The summed E-state index contributed by atoms with van der Waals surface area (Å²) in [5.74, 6) is -0.410. The largest absolute Gasteiger partial charge is 0.491 e. The molecule has 0 fully saturated rings. The van der Waals surface area contributed by atoms with Gasteiger partial charge in [-0.3, -0.25) is 4.79 Å². The molecule has 1 rings (SSSR count). The topological polar surface area (TPSA) is 84.6 Å². The first-order valence-electron chi connectivity index (χ1n) is 7.61. The number of carbonyl (C=O) groups is 1. The highest BCUT2D eigenvalue weighted by Crippen LogP contribution is 2.31. The van der Waals surface area contributed by atoms with Gasteiger partial charge in [-0.25, -0.2) is 0 Å². The third-order valence-electron chi connectivity index (χ3n) is 3.39. The zero-order valence-electron chi connectivity index (χ0n) is 13.7. The van der Waals surface area contributed by atoms with Crippen LogP contribution >= 0.6 is 0 Å². The van der Waals surface area contributed by atoms with Crippen LogP contribution in [0.25, 0.3) is 0 Å². The van der Waals surface area contributed by atoms with Gasteiger partial charge in [0.2, 0.25) is 5.91 Å². The lowest BCUT2D eigenvalue weighted by atomic mass is 9.96. The molecule has 0 aliphatic heterocycles. The molecule has 0 heterocycles. The number of amides is 1. The van der Waals surface area contributed by atoms with Gasteiger partial charge in [0, 0.05) is 6.54 Å². The van der Waals surface area contributed by atoms with E-state index in [0.717, 1.165) is 18.6 Å². The molecule has 2 atom stereocenters. The number of ether oxygens (including phenoxy) is 1. The van der Waals surface area contributed by atoms with Crippen LogP contribution in [0.5, 0.6) is 5.75 Å². The van der Waals surface area contributed by atoms with Gasteiger partial charge >= 0.3 is 6.18 Å². The fourth-order valence-electron chi connectivity index (χ4n) is 2.06. The Morgan fingerprint density at radius 1 is 1.42 bits per heavy atom. The number of hydrogen-bond donors (Lipinski definition) is 3. The predicted octanol–water partition coefficient (Wildman–Crippen LogP) is 2.08. The SMILES string of the molecule is CCCC(C)(N)C(=O)NCC(O)COc1cccc(C(F)(F)F)c1. The maximum absolute atomic E-state index is 12.6. The summed E-state index contributed by atoms with van der Waals surface area (Å²) in [5, 5.41) is 12.3. The fraction of sp³-hybridized carbons (Fsp3) is 0.562. The zero-order chi connectivity index (χ0) is 18.4. The molecule has 24 heavy (non-hydrogen) atoms. The summed E-state index contributed by atoms with van der Waals surface area (Å²) in [6, 6.07) is 4.36. The smallest absolute Gasteiger partial charge is 0.416 e. The molecule has 136 valence electrons. The van der Waals surface area contributed by atoms with Gasteiger partial charge in [0.05, 0.1) is 11.1 Å². The molecule has 2 unspecified atom stereocenters. The Bertz CT molecular complexity index is 548. The van der Waals surface area contributed by atoms with Crippen LogP contribution in [-0.2, 0) is 11.0 Å². The number of benzene rings is 1. The Kier molecular flexibility index (Phi) is 7.04. The second kappa shape index (κ2) is 8.34. The Balaban J connectivity index is 2.47. The Morgan fingerprint density at radius 2 is 2.08 bits per heavy atom. The third-order valence-corrected chi connectivity index (χ3v) is 3.39. The number of aliphatic hydroxyl groups excluding tert-OH is 1. The van der Waals surface area contributed by atoms with Crippen LogP contribution in [0.1, 0.15) is 32.3 Å². The van der Waals surface area contributed by atoms with E-state index >= 15 is 0 Å². The summed E-state index contributed by atoms with van der Waals surface area (Å²) in [6.07, 6.45) is -4.30. The van der Waals surface area contributed by atoms with Crippen LogP contribution in [0.2, 0.25) is 0 Å². The first-order valence-corrected chi connectivity index (χ1v) is 7.61. The van der Waals surface area contributed by atoms with E-state index < -0.39 is 29.3 Å². The number of carbonyl (C=O) groups excluding carboxylic acids is 1. The number of hydrogen-bond acceptors (Lipinski definition) is 4. The van der Waals surface area contributed by atoms with Gasteiger partial charge in [0.1, 0.15) is 18.5 Å². The molecule has 0 saturated carbocycles. The number of nitrogens with one attached hydrogen (secondary N) is 1. The van der Waals surface area contributed by atoms with Gasteiger partial charge in [-0.15, -0.1) is 0 Å². The van der Waals surface area contributed by atoms with Gasteiger partial charge in [-0.05, 0) is 31.5 Å². The quantitative estimate of drug-likeness (QED) is 0.672. The standard InChI is InChI=1S/C16H23F3N2O3/c1-3-7-15(2,20)14(23)21-9-12(22)10-24-13-6-4-5-11(8-13)16(17,18)19/h4-6,8,12,22H,3,7,9-10,20H2,1-2H3,(H,21,23). The van der Waals surface area contributed by atoms with Crippen LogP contribution in [0.15, 0.2) is 24.3 Å². The lowest BCUT2D eigenvalue weighted by Crippen LogP contribution is -2.53. The molecule has 1 amide bonds. The Hall–Kier alpha value is -1.80. The Labute approximate surface area is 139 Å². The average Bonchev–Trinajstić information content (AvgIpc) is 2.50. The molecule has 4 N–H and O–H groups in total. The maximum atomic E-state index is 12.6. The summed E-state index contributed by atoms with van der Waals surface area (Å²) < 4.78 is 42.9. The van der Waals surface area contributed by atoms with E-state index in [4.69, 9.17) is 10.5 Å². The van der Waals surface area contributed by atoms with E-state index in [2.05, 4.69) is 5.32 Å². The molecule has 5 nitrogen and oxygen atoms in total. The molecule has 0 aliphatic carbocycles. The van der Waals surface area contributed by atoms with E-state index in [-0.39, 0.29) is 18.9 Å². The highest BCUT2D eigenvalue weighted by Gasteiger charge is 2.30. The number of rotatable bonds is 8. The molecule has 0 saturated heterocycles. The van der Waals surface area contributed by atoms with E-state index in [1.54, 1.807) is 6.92 Å². The van der Waals surface area contributed by atoms with E-state index in [1.165, 1.54) is 12.1 Å². The molecule has 0 aromatic heterocycles. The second-order valence-corrected chi connectivity index (χ2v) is 5.87. The van der Waals surface area contributed by atoms with Gasteiger partial charge in [-0.1, -0.05) is 19.4 Å². The second-order valence-electron chi connectivity index (χ2n) is 5.87. The van der Waals surface area contributed by atoms with Crippen molar-refractivity contribution in [1.29, 1.82) is 0 Å². The predicted molar refractivity (Wildman–Crippen MR) is 83.5 cm³/mol. The summed E-state index contributed by atoms with van der Waals surface area (Å²) in [4.78, 5) is 11.9. The van der Waals surface area contributed by atoms with Gasteiger partial charge < -0.3 is 20.9 Å². The number of aliphatic hydroxyl groups is 1. The van der Waals surface area contributed by atoms with Crippen LogP contribution in [-0.4, -0.2) is 35.8 Å². The monoisotopic (exact) mass is 348 g/mol. The highest BCUT2D eigenvalue weighted by atomic mass is 19.4. The summed E-state index contributed by atoms with van der Waals surface area (Å²) in [6.45, 7) is 3.14. The minimum Gasteiger partial charge on any atom is -0.491 e. The van der Waals surface area contributed by atoms with Crippen LogP contribution in [0.4, 0.5) is 13.2 Å². The van der Waals surface area contributed by atoms with Gasteiger partial charge in [0.15, 0.2) is 0 Å². The summed E-state index contributed by atoms with van der Waals surface area (Å²) in [5.41, 5.74) is 3.98. The van der Waals surface area contributed by atoms with Crippen molar-refractivity contribution in [3.63, 3.8) is 0 Å². The summed E-state index contributed by atoms with van der Waals surface area (Å²) >= 11 is 0. The lowest BCUT2D eigenvalue weighted by Gasteiger charge is -2.23. The summed E-state index contributed by atoms with van der Waals surface area (Å²) in [7, 11) is 0. The van der Waals surface area contributed by atoms with Crippen LogP contribution < -0.4 is 15.8 Å². The van der Waals surface area contributed by atoms with Crippen LogP contribution in [0, 0.1) is 0 Å². The molecular weight excluding hydrogens is 325 g/mol. The van der Waals surface area contributed by atoms with E-state index in [0.29, 0.717) is 6.42 Å². The number of alkyl halides is 3. The molecule has 0 aliphatic rings. The molecule has 0 spiro atoms. The van der Waals surface area contributed by atoms with Crippen molar-refractivity contribution in [3.05, 3.63) is 29.8 Å². The van der Waals surface area contributed by atoms with Crippen molar-refractivity contribution in [3.8, 4) is 5.75 Å². The van der Waals surface area contributed by atoms with Crippen molar-refractivity contribution in [2.24, 2.45) is 5.73 Å². The number of nitrogens with two attached hydrogens (primary N) is 1. The molecule has 1 aromatic rings. The third kappa shape index (κ3) is 6.37. The van der Waals surface area contributed by atoms with E-state index in [1.807, 2.05) is 6.92 Å². The van der Waals surface area contributed by atoms with Gasteiger partial charge in [-0.2, -0.15) is 13.2 Å². The van der Waals surface area contributed by atoms with Crippen molar-refractivity contribution < 1.29 is 27.8 Å². The van der Waals surface area contributed by atoms with E-state index in [9.17, 15) is 23.1 Å². The number of halogens is 3. The average molecular weight is 348 g/mol. The van der Waals surface area contributed by atoms with Gasteiger partial charge in [0.25, 0.3) is 0 Å². The first kappa shape index (κ1) is 20.2.